The quantitative estimate of drug-likeness (QED) is 0.385. The molecule has 0 aliphatic carbocycles. The molecule has 0 aliphatic heterocycles. The Kier molecular flexibility index (Phi) is 6.66. The van der Waals surface area contributed by atoms with Crippen LogP contribution in [0.25, 0.3) is 11.4 Å². The van der Waals surface area contributed by atoms with Gasteiger partial charge in [0.15, 0.2) is 0 Å². The number of hydrogen-bond acceptors (Lipinski definition) is 7. The molecule has 2 aromatic heterocycles. The molecular weight excluding hydrogens is 444 g/mol. The second kappa shape index (κ2) is 9.80. The lowest BCUT2D eigenvalue weighted by Crippen LogP contribution is -2.23. The van der Waals surface area contributed by atoms with Gasteiger partial charge in [-0.05, 0) is 43.3 Å². The van der Waals surface area contributed by atoms with Gasteiger partial charge in [0, 0.05) is 24.1 Å². The van der Waals surface area contributed by atoms with Gasteiger partial charge in [-0.25, -0.2) is 13.1 Å². The minimum Gasteiger partial charge on any atom is -0.468 e. The Balaban J connectivity index is 1.28. The molecule has 0 unspecified atom stereocenters. The molecule has 170 valence electrons. The maximum atomic E-state index is 12.4. The second-order valence-electron chi connectivity index (χ2n) is 7.35. The predicted octanol–water partition coefficient (Wildman–Crippen LogP) is 3.69. The van der Waals surface area contributed by atoms with Crippen LogP contribution in [0.5, 0.6) is 0 Å². The molecule has 0 saturated carbocycles. The summed E-state index contributed by atoms with van der Waals surface area (Å²) in [5.74, 6) is 1.10. The molecule has 0 bridgehead atoms. The number of carbonyl (C=O) groups is 1. The summed E-state index contributed by atoms with van der Waals surface area (Å²) in [5.41, 5.74) is 2.46. The fraction of sp³-hybridized carbons (Fsp3) is 0.174. The standard InChI is InChI=1S/C23H22N4O5S/c1-16-4-6-17(7-5-16)23-26-22(32-27-23)13-12-21(28)25-18-8-10-20(11-9-18)33(29,30)24-15-19-3-2-14-31-19/h2-11,14,24H,12-13,15H2,1H3,(H,25,28). The number of benzene rings is 2. The van der Waals surface area contributed by atoms with Crippen molar-refractivity contribution in [1.82, 2.24) is 14.9 Å². The van der Waals surface area contributed by atoms with Crippen LogP contribution >= 0.6 is 0 Å². The number of amides is 1. The average Bonchev–Trinajstić information content (AvgIpc) is 3.50. The summed E-state index contributed by atoms with van der Waals surface area (Å²) in [6, 6.07) is 17.0. The molecule has 2 N–H and O–H groups in total. The molecule has 4 rings (SSSR count). The van der Waals surface area contributed by atoms with Crippen LogP contribution in [0.15, 0.2) is 80.8 Å². The second-order valence-corrected chi connectivity index (χ2v) is 9.12. The van der Waals surface area contributed by atoms with Crippen LogP contribution in [0.3, 0.4) is 0 Å². The molecule has 4 aromatic rings. The van der Waals surface area contributed by atoms with E-state index in [0.717, 1.165) is 11.1 Å². The lowest BCUT2D eigenvalue weighted by Gasteiger charge is -2.08. The highest BCUT2D eigenvalue weighted by Crippen LogP contribution is 2.18. The van der Waals surface area contributed by atoms with E-state index in [1.807, 2.05) is 31.2 Å². The van der Waals surface area contributed by atoms with Crippen LogP contribution in [-0.4, -0.2) is 24.5 Å². The zero-order chi connectivity index (χ0) is 23.3. The third kappa shape index (κ3) is 5.93. The molecule has 10 heteroatoms. The Hall–Kier alpha value is -3.76. The SMILES string of the molecule is Cc1ccc(-c2noc(CCC(=O)Nc3ccc(S(=O)(=O)NCc4ccco4)cc3)n2)cc1. The van der Waals surface area contributed by atoms with Crippen molar-refractivity contribution in [1.29, 1.82) is 0 Å². The van der Waals surface area contributed by atoms with E-state index in [1.54, 1.807) is 12.1 Å². The summed E-state index contributed by atoms with van der Waals surface area (Å²) in [6.45, 7) is 2.05. The van der Waals surface area contributed by atoms with Gasteiger partial charge in [0.05, 0.1) is 17.7 Å². The summed E-state index contributed by atoms with van der Waals surface area (Å²) in [5, 5.41) is 6.69. The predicted molar refractivity (Wildman–Crippen MR) is 121 cm³/mol. The minimum absolute atomic E-state index is 0.0507. The van der Waals surface area contributed by atoms with Crippen molar-refractivity contribution in [2.24, 2.45) is 0 Å². The Morgan fingerprint density at radius 2 is 1.79 bits per heavy atom. The number of carbonyl (C=O) groups excluding carboxylic acids is 1. The number of nitrogens with zero attached hydrogens (tertiary/aromatic N) is 2. The molecule has 2 heterocycles. The van der Waals surface area contributed by atoms with Gasteiger partial charge in [0.25, 0.3) is 0 Å². The van der Waals surface area contributed by atoms with Gasteiger partial charge >= 0.3 is 0 Å². The normalized spacial score (nSPS) is 11.4. The zero-order valence-corrected chi connectivity index (χ0v) is 18.6. The van der Waals surface area contributed by atoms with E-state index in [4.69, 9.17) is 8.94 Å². The van der Waals surface area contributed by atoms with Crippen molar-refractivity contribution in [2.75, 3.05) is 5.32 Å². The van der Waals surface area contributed by atoms with E-state index < -0.39 is 10.0 Å². The van der Waals surface area contributed by atoms with Crippen LogP contribution in [-0.2, 0) is 27.8 Å². The summed E-state index contributed by atoms with van der Waals surface area (Å²) in [6.07, 6.45) is 1.90. The van der Waals surface area contributed by atoms with Crippen molar-refractivity contribution in [3.63, 3.8) is 0 Å². The van der Waals surface area contributed by atoms with E-state index in [9.17, 15) is 13.2 Å². The van der Waals surface area contributed by atoms with Crippen molar-refractivity contribution in [3.05, 3.63) is 84.1 Å². The van der Waals surface area contributed by atoms with Gasteiger partial charge in [-0.15, -0.1) is 0 Å². The maximum absolute atomic E-state index is 12.4. The molecule has 0 saturated heterocycles. The zero-order valence-electron chi connectivity index (χ0n) is 17.8. The first kappa shape index (κ1) is 22.4. The van der Waals surface area contributed by atoms with Gasteiger partial charge < -0.3 is 14.3 Å². The number of aryl methyl sites for hydroxylation is 2. The van der Waals surface area contributed by atoms with E-state index in [0.29, 0.717) is 23.2 Å². The van der Waals surface area contributed by atoms with Gasteiger partial charge in [0.2, 0.25) is 27.6 Å². The highest BCUT2D eigenvalue weighted by molar-refractivity contribution is 7.89. The van der Waals surface area contributed by atoms with Crippen molar-refractivity contribution in [3.8, 4) is 11.4 Å². The van der Waals surface area contributed by atoms with Crippen LogP contribution in [0, 0.1) is 6.92 Å². The van der Waals surface area contributed by atoms with E-state index >= 15 is 0 Å². The molecule has 2 aromatic carbocycles. The summed E-state index contributed by atoms with van der Waals surface area (Å²) in [7, 11) is -3.70. The highest BCUT2D eigenvalue weighted by atomic mass is 32.2. The van der Waals surface area contributed by atoms with Crippen molar-refractivity contribution >= 4 is 21.6 Å². The van der Waals surface area contributed by atoms with E-state index in [2.05, 4.69) is 20.2 Å². The Bertz CT molecular complexity index is 1310. The molecule has 9 nitrogen and oxygen atoms in total. The molecule has 0 aliphatic rings. The largest absolute Gasteiger partial charge is 0.468 e. The monoisotopic (exact) mass is 466 g/mol. The number of hydrogen-bond donors (Lipinski definition) is 2. The number of nitrogens with one attached hydrogen (secondary N) is 2. The Morgan fingerprint density at radius 1 is 1.03 bits per heavy atom. The molecule has 33 heavy (non-hydrogen) atoms. The lowest BCUT2D eigenvalue weighted by molar-refractivity contribution is -0.116. The summed E-state index contributed by atoms with van der Waals surface area (Å²) >= 11 is 0. The van der Waals surface area contributed by atoms with Gasteiger partial charge in [-0.2, -0.15) is 4.98 Å². The van der Waals surface area contributed by atoms with Crippen molar-refractivity contribution < 1.29 is 22.2 Å². The number of furan rings is 1. The summed E-state index contributed by atoms with van der Waals surface area (Å²) < 4.78 is 37.6. The Morgan fingerprint density at radius 3 is 2.48 bits per heavy atom. The fourth-order valence-corrected chi connectivity index (χ4v) is 3.99. The average molecular weight is 467 g/mol. The first-order chi connectivity index (χ1) is 15.9. The molecule has 0 spiro atoms. The van der Waals surface area contributed by atoms with Gasteiger partial charge in [0.1, 0.15) is 5.76 Å². The third-order valence-electron chi connectivity index (χ3n) is 4.81. The number of anilines is 1. The maximum Gasteiger partial charge on any atom is 0.240 e. The molecule has 0 atom stereocenters. The van der Waals surface area contributed by atoms with Crippen LogP contribution in [0.1, 0.15) is 23.6 Å². The smallest absolute Gasteiger partial charge is 0.240 e. The van der Waals surface area contributed by atoms with Gasteiger partial charge in [-0.3, -0.25) is 4.79 Å². The van der Waals surface area contributed by atoms with E-state index in [1.165, 1.54) is 30.5 Å². The van der Waals surface area contributed by atoms with Crippen LogP contribution < -0.4 is 10.0 Å². The van der Waals surface area contributed by atoms with E-state index in [-0.39, 0.29) is 30.2 Å². The van der Waals surface area contributed by atoms with Crippen LogP contribution in [0.4, 0.5) is 5.69 Å². The third-order valence-corrected chi connectivity index (χ3v) is 6.23. The molecular formula is C23H22N4O5S. The first-order valence-electron chi connectivity index (χ1n) is 10.2. The molecule has 0 radical (unpaired) electrons. The lowest BCUT2D eigenvalue weighted by atomic mass is 10.1. The van der Waals surface area contributed by atoms with Gasteiger partial charge in [-0.1, -0.05) is 35.0 Å². The number of aromatic nitrogens is 2. The number of rotatable bonds is 9. The molecule has 0 fully saturated rings. The topological polar surface area (TPSA) is 127 Å². The van der Waals surface area contributed by atoms with Crippen LogP contribution in [0.2, 0.25) is 0 Å². The first-order valence-corrected chi connectivity index (χ1v) is 11.7. The number of sulfonamides is 1. The fourth-order valence-electron chi connectivity index (χ4n) is 3.00. The Labute approximate surface area is 190 Å². The highest BCUT2D eigenvalue weighted by Gasteiger charge is 2.15. The van der Waals surface area contributed by atoms with Crippen molar-refractivity contribution in [2.45, 2.75) is 31.2 Å². The molecule has 1 amide bonds. The minimum atomic E-state index is -3.70. The summed E-state index contributed by atoms with van der Waals surface area (Å²) in [4.78, 5) is 16.7.